The van der Waals surface area contributed by atoms with Gasteiger partial charge < -0.3 is 14.8 Å². The molecule has 70 valence electrons. The predicted molar refractivity (Wildman–Crippen MR) is 45.8 cm³/mol. The van der Waals surface area contributed by atoms with Crippen molar-refractivity contribution in [3.8, 4) is 0 Å². The molecule has 0 spiro atoms. The van der Waals surface area contributed by atoms with E-state index in [-0.39, 0.29) is 0 Å². The number of carboxylic acid groups (broad SMARTS) is 1. The van der Waals surface area contributed by atoms with Crippen molar-refractivity contribution in [2.45, 2.75) is 19.9 Å². The standard InChI is InChI=1S/C9H11NO3/c1-5-8(9(11)12)6-2-3-10-4-7(6)13-5/h10H,2-4H2,1H3,(H,11,12). The molecule has 13 heavy (non-hydrogen) atoms. The lowest BCUT2D eigenvalue weighted by atomic mass is 10.0. The van der Waals surface area contributed by atoms with Crippen molar-refractivity contribution in [2.24, 2.45) is 0 Å². The van der Waals surface area contributed by atoms with Crippen LogP contribution < -0.4 is 5.32 Å². The molecular formula is C9H11NO3. The van der Waals surface area contributed by atoms with Gasteiger partial charge in [-0.15, -0.1) is 0 Å². The van der Waals surface area contributed by atoms with Gasteiger partial charge in [0.1, 0.15) is 17.1 Å². The molecule has 0 aromatic carbocycles. The van der Waals surface area contributed by atoms with Crippen LogP contribution in [-0.4, -0.2) is 17.6 Å². The third kappa shape index (κ3) is 1.23. The van der Waals surface area contributed by atoms with Crippen LogP contribution in [0.15, 0.2) is 4.42 Å². The molecule has 1 aliphatic rings. The third-order valence-corrected chi connectivity index (χ3v) is 2.32. The number of furan rings is 1. The second-order valence-corrected chi connectivity index (χ2v) is 3.17. The van der Waals surface area contributed by atoms with Crippen LogP contribution in [0, 0.1) is 6.92 Å². The van der Waals surface area contributed by atoms with Crippen molar-refractivity contribution in [3.05, 3.63) is 22.6 Å². The predicted octanol–water partition coefficient (Wildman–Crippen LogP) is 0.932. The molecule has 0 aliphatic carbocycles. The van der Waals surface area contributed by atoms with Crippen LogP contribution in [0.4, 0.5) is 0 Å². The maximum absolute atomic E-state index is 10.9. The van der Waals surface area contributed by atoms with Crippen LogP contribution in [0.3, 0.4) is 0 Å². The Hall–Kier alpha value is -1.29. The molecule has 0 atom stereocenters. The van der Waals surface area contributed by atoms with Crippen LogP contribution in [-0.2, 0) is 13.0 Å². The Bertz CT molecular complexity index is 354. The van der Waals surface area contributed by atoms with Gasteiger partial charge in [0, 0.05) is 5.56 Å². The van der Waals surface area contributed by atoms with E-state index in [2.05, 4.69) is 5.32 Å². The smallest absolute Gasteiger partial charge is 0.339 e. The Morgan fingerprint density at radius 3 is 3.08 bits per heavy atom. The Morgan fingerprint density at radius 1 is 1.62 bits per heavy atom. The molecule has 2 N–H and O–H groups in total. The Labute approximate surface area is 75.6 Å². The van der Waals surface area contributed by atoms with Gasteiger partial charge in [-0.3, -0.25) is 0 Å². The molecule has 0 amide bonds. The number of hydrogen-bond donors (Lipinski definition) is 2. The summed E-state index contributed by atoms with van der Waals surface area (Å²) in [7, 11) is 0. The summed E-state index contributed by atoms with van der Waals surface area (Å²) in [6.45, 7) is 3.16. The first kappa shape index (κ1) is 8.31. The molecule has 2 rings (SSSR count). The van der Waals surface area contributed by atoms with E-state index < -0.39 is 5.97 Å². The van der Waals surface area contributed by atoms with E-state index in [1.165, 1.54) is 0 Å². The largest absolute Gasteiger partial charge is 0.478 e. The fourth-order valence-corrected chi connectivity index (χ4v) is 1.75. The number of rotatable bonds is 1. The van der Waals surface area contributed by atoms with Crippen LogP contribution in [0.1, 0.15) is 27.4 Å². The SMILES string of the molecule is Cc1oc2c(c1C(=O)O)CCNC2. The zero-order chi connectivity index (χ0) is 9.42. The number of nitrogens with one attached hydrogen (secondary N) is 1. The second kappa shape index (κ2) is 2.88. The molecule has 1 aromatic heterocycles. The molecule has 0 bridgehead atoms. The lowest BCUT2D eigenvalue weighted by Gasteiger charge is -2.10. The minimum Gasteiger partial charge on any atom is -0.478 e. The Kier molecular flexibility index (Phi) is 1.84. The molecule has 2 heterocycles. The maximum Gasteiger partial charge on any atom is 0.339 e. The molecule has 0 radical (unpaired) electrons. The highest BCUT2D eigenvalue weighted by Gasteiger charge is 2.24. The van der Waals surface area contributed by atoms with Gasteiger partial charge in [-0.25, -0.2) is 4.79 Å². The van der Waals surface area contributed by atoms with Crippen LogP contribution >= 0.6 is 0 Å². The fraction of sp³-hybridized carbons (Fsp3) is 0.444. The van der Waals surface area contributed by atoms with Gasteiger partial charge in [-0.05, 0) is 19.9 Å². The van der Waals surface area contributed by atoms with Gasteiger partial charge in [0.05, 0.1) is 6.54 Å². The van der Waals surface area contributed by atoms with Gasteiger partial charge in [-0.2, -0.15) is 0 Å². The van der Waals surface area contributed by atoms with Crippen molar-refractivity contribution < 1.29 is 14.3 Å². The summed E-state index contributed by atoms with van der Waals surface area (Å²) in [6.07, 6.45) is 0.744. The summed E-state index contributed by atoms with van der Waals surface area (Å²) in [5, 5.41) is 12.1. The summed E-state index contributed by atoms with van der Waals surface area (Å²) in [6, 6.07) is 0. The van der Waals surface area contributed by atoms with Gasteiger partial charge in [0.25, 0.3) is 0 Å². The third-order valence-electron chi connectivity index (χ3n) is 2.32. The van der Waals surface area contributed by atoms with E-state index in [9.17, 15) is 4.79 Å². The minimum atomic E-state index is -0.885. The number of hydrogen-bond acceptors (Lipinski definition) is 3. The molecule has 4 heteroatoms. The van der Waals surface area contributed by atoms with Gasteiger partial charge in [0.15, 0.2) is 0 Å². The van der Waals surface area contributed by atoms with Crippen molar-refractivity contribution in [1.82, 2.24) is 5.32 Å². The molecule has 1 aliphatic heterocycles. The van der Waals surface area contributed by atoms with Crippen molar-refractivity contribution in [2.75, 3.05) is 6.54 Å². The highest BCUT2D eigenvalue weighted by molar-refractivity contribution is 5.90. The van der Waals surface area contributed by atoms with Crippen LogP contribution in [0.2, 0.25) is 0 Å². The lowest BCUT2D eigenvalue weighted by Crippen LogP contribution is -2.23. The summed E-state index contributed by atoms with van der Waals surface area (Å²) in [5.41, 5.74) is 1.22. The van der Waals surface area contributed by atoms with Crippen molar-refractivity contribution in [3.63, 3.8) is 0 Å². The number of aryl methyl sites for hydroxylation is 1. The highest BCUT2D eigenvalue weighted by Crippen LogP contribution is 2.24. The van der Waals surface area contributed by atoms with E-state index in [0.29, 0.717) is 17.9 Å². The molecule has 0 unspecified atom stereocenters. The van der Waals surface area contributed by atoms with E-state index >= 15 is 0 Å². The fourth-order valence-electron chi connectivity index (χ4n) is 1.75. The first-order valence-corrected chi connectivity index (χ1v) is 4.25. The Balaban J connectivity index is 2.54. The highest BCUT2D eigenvalue weighted by atomic mass is 16.4. The van der Waals surface area contributed by atoms with Crippen molar-refractivity contribution in [1.29, 1.82) is 0 Å². The summed E-state index contributed by atoms with van der Waals surface area (Å²) < 4.78 is 5.36. The first-order chi connectivity index (χ1) is 6.20. The van der Waals surface area contributed by atoms with E-state index in [4.69, 9.17) is 9.52 Å². The number of fused-ring (bicyclic) bond motifs is 1. The summed E-state index contributed by atoms with van der Waals surface area (Å²) in [4.78, 5) is 10.9. The topological polar surface area (TPSA) is 62.5 Å². The average molecular weight is 181 g/mol. The molecule has 1 aromatic rings. The van der Waals surface area contributed by atoms with E-state index in [0.717, 1.165) is 24.3 Å². The minimum absolute atomic E-state index is 0.358. The molecule has 0 saturated carbocycles. The first-order valence-electron chi connectivity index (χ1n) is 4.25. The molecule has 4 nitrogen and oxygen atoms in total. The van der Waals surface area contributed by atoms with E-state index in [1.807, 2.05) is 0 Å². The number of carboxylic acids is 1. The van der Waals surface area contributed by atoms with Crippen LogP contribution in [0.25, 0.3) is 0 Å². The average Bonchev–Trinajstić information content (AvgIpc) is 2.39. The normalized spacial score (nSPS) is 15.5. The number of aromatic carboxylic acids is 1. The van der Waals surface area contributed by atoms with Crippen molar-refractivity contribution >= 4 is 5.97 Å². The van der Waals surface area contributed by atoms with Gasteiger partial charge >= 0.3 is 5.97 Å². The molecular weight excluding hydrogens is 170 g/mol. The second-order valence-electron chi connectivity index (χ2n) is 3.17. The zero-order valence-electron chi connectivity index (χ0n) is 7.39. The molecule has 0 fully saturated rings. The summed E-state index contributed by atoms with van der Waals surface area (Å²) in [5.74, 6) is 0.409. The van der Waals surface area contributed by atoms with Crippen LogP contribution in [0.5, 0.6) is 0 Å². The lowest BCUT2D eigenvalue weighted by molar-refractivity contribution is 0.0694. The van der Waals surface area contributed by atoms with E-state index in [1.54, 1.807) is 6.92 Å². The summed E-state index contributed by atoms with van der Waals surface area (Å²) >= 11 is 0. The molecule has 0 saturated heterocycles. The quantitative estimate of drug-likeness (QED) is 0.676. The Morgan fingerprint density at radius 2 is 2.38 bits per heavy atom. The monoisotopic (exact) mass is 181 g/mol. The zero-order valence-corrected chi connectivity index (χ0v) is 7.39. The van der Waals surface area contributed by atoms with Gasteiger partial charge in [-0.1, -0.05) is 0 Å². The van der Waals surface area contributed by atoms with Gasteiger partial charge in [0.2, 0.25) is 0 Å². The maximum atomic E-state index is 10.9. The number of carbonyl (C=O) groups is 1.